The van der Waals surface area contributed by atoms with Gasteiger partial charge in [-0.1, -0.05) is 64.2 Å². The average molecular weight is 472 g/mol. The molecule has 0 aromatic heterocycles. The van der Waals surface area contributed by atoms with Crippen molar-refractivity contribution in [2.75, 3.05) is 12.8 Å². The quantitative estimate of drug-likeness (QED) is 0.297. The van der Waals surface area contributed by atoms with Crippen LogP contribution in [-0.4, -0.2) is 18.5 Å². The molecule has 0 spiro atoms. The molecule has 2 aromatic carbocycles. The van der Waals surface area contributed by atoms with Gasteiger partial charge in [0.15, 0.2) is 0 Å². The van der Waals surface area contributed by atoms with E-state index in [-0.39, 0.29) is 19.4 Å². The lowest BCUT2D eigenvalue weighted by molar-refractivity contribution is -0.137. The Balaban J connectivity index is 1.95. The summed E-state index contributed by atoms with van der Waals surface area (Å²) in [6.45, 7) is 12.5. The molecular weight excluding hydrogens is 438 g/mol. The molecule has 176 valence electrons. The molecule has 2 atom stereocenters. The summed E-state index contributed by atoms with van der Waals surface area (Å²) in [7, 11) is -0.0987. The highest BCUT2D eigenvalue weighted by atomic mass is 31.1. The van der Waals surface area contributed by atoms with Crippen molar-refractivity contribution in [2.45, 2.75) is 53.6 Å². The largest absolute Gasteiger partial charge is 0.416 e. The van der Waals surface area contributed by atoms with E-state index < -0.39 is 11.7 Å². The fraction of sp³-hybridized carbons (Fsp3) is 0.393. The summed E-state index contributed by atoms with van der Waals surface area (Å²) >= 11 is 0. The van der Waals surface area contributed by atoms with Crippen molar-refractivity contribution in [1.82, 2.24) is 0 Å². The van der Waals surface area contributed by atoms with E-state index in [9.17, 15) is 13.2 Å². The molecule has 33 heavy (non-hydrogen) atoms. The second-order valence-corrected chi connectivity index (χ2v) is 11.6. The van der Waals surface area contributed by atoms with E-state index in [4.69, 9.17) is 4.99 Å². The lowest BCUT2D eigenvalue weighted by Crippen LogP contribution is -2.15. The van der Waals surface area contributed by atoms with Crippen molar-refractivity contribution in [3.05, 3.63) is 82.1 Å². The molecule has 2 aromatic rings. The van der Waals surface area contributed by atoms with Crippen molar-refractivity contribution in [3.63, 3.8) is 0 Å². The monoisotopic (exact) mass is 471 g/mol. The number of nitrogens with zero attached hydrogens (tertiary/aromatic N) is 1. The van der Waals surface area contributed by atoms with Crippen molar-refractivity contribution >= 4 is 24.5 Å². The van der Waals surface area contributed by atoms with Gasteiger partial charge in [0.05, 0.1) is 11.3 Å². The smallest absolute Gasteiger partial charge is 0.258 e. The molecule has 0 amide bonds. The van der Waals surface area contributed by atoms with Gasteiger partial charge in [-0.2, -0.15) is 13.2 Å². The van der Waals surface area contributed by atoms with Crippen LogP contribution in [0.3, 0.4) is 0 Å². The van der Waals surface area contributed by atoms with Crippen LogP contribution in [0, 0.1) is 5.92 Å². The molecule has 0 fully saturated rings. The van der Waals surface area contributed by atoms with Gasteiger partial charge in [0.1, 0.15) is 0 Å². The first-order chi connectivity index (χ1) is 15.5. The predicted molar refractivity (Wildman–Crippen MR) is 137 cm³/mol. The zero-order valence-electron chi connectivity index (χ0n) is 20.3. The number of alkyl halides is 3. The van der Waals surface area contributed by atoms with Crippen LogP contribution in [-0.2, 0) is 12.6 Å². The standard InChI is InChI=1S/C28H33F3NP/c1-7-33(6)23-14-12-22(13-15-23)17-20(4)32-27-19(3)16-18(2)26(21(27)5)24-10-8-9-11-25(24)28(29,30)31/h8-15,18H,7,16-17H2,1-6H3/b32-20+. The van der Waals surface area contributed by atoms with Crippen LogP contribution in [0.15, 0.2) is 70.4 Å². The van der Waals surface area contributed by atoms with E-state index in [0.717, 1.165) is 34.5 Å². The predicted octanol–water partition coefficient (Wildman–Crippen LogP) is 8.25. The molecule has 0 radical (unpaired) electrons. The second-order valence-electron chi connectivity index (χ2n) is 9.02. The molecule has 3 rings (SSSR count). The zero-order chi connectivity index (χ0) is 24.3. The lowest BCUT2D eigenvalue weighted by atomic mass is 9.78. The summed E-state index contributed by atoms with van der Waals surface area (Å²) in [6.07, 6.45) is -1.78. The molecule has 1 aliphatic rings. The van der Waals surface area contributed by atoms with E-state index in [0.29, 0.717) is 6.42 Å². The van der Waals surface area contributed by atoms with E-state index >= 15 is 0 Å². The minimum absolute atomic E-state index is 0.00259. The molecule has 0 saturated carbocycles. The fourth-order valence-electron chi connectivity index (χ4n) is 4.66. The second kappa shape index (κ2) is 10.4. The molecule has 2 unspecified atom stereocenters. The van der Waals surface area contributed by atoms with E-state index in [2.05, 4.69) is 37.9 Å². The number of halogens is 3. The number of hydrogen-bond donors (Lipinski definition) is 0. The third-order valence-electron chi connectivity index (χ3n) is 6.41. The Morgan fingerprint density at radius 3 is 2.30 bits per heavy atom. The van der Waals surface area contributed by atoms with Gasteiger partial charge < -0.3 is 0 Å². The summed E-state index contributed by atoms with van der Waals surface area (Å²) < 4.78 is 41.2. The van der Waals surface area contributed by atoms with Gasteiger partial charge in [0.2, 0.25) is 0 Å². The summed E-state index contributed by atoms with van der Waals surface area (Å²) in [5, 5.41) is 1.40. The van der Waals surface area contributed by atoms with E-state index in [1.54, 1.807) is 12.1 Å². The zero-order valence-corrected chi connectivity index (χ0v) is 21.2. The van der Waals surface area contributed by atoms with Gasteiger partial charge in [-0.25, -0.2) is 0 Å². The first-order valence-electron chi connectivity index (χ1n) is 11.4. The van der Waals surface area contributed by atoms with Gasteiger partial charge >= 0.3 is 6.18 Å². The van der Waals surface area contributed by atoms with Crippen molar-refractivity contribution < 1.29 is 13.2 Å². The molecule has 5 heteroatoms. The Bertz CT molecular complexity index is 1090. The SMILES string of the molecule is CCP(C)c1ccc(C/C(C)=N/C2=C(C)CC(C)C(c3ccccc3C(F)(F)F)=C2C)cc1. The Morgan fingerprint density at radius 1 is 1.06 bits per heavy atom. The Morgan fingerprint density at radius 2 is 1.70 bits per heavy atom. The Labute approximate surface area is 197 Å². The Hall–Kier alpha value is -2.19. The molecule has 0 bridgehead atoms. The van der Waals surface area contributed by atoms with Crippen LogP contribution >= 0.6 is 7.92 Å². The maximum atomic E-state index is 13.7. The van der Waals surface area contributed by atoms with Crippen molar-refractivity contribution in [1.29, 1.82) is 0 Å². The average Bonchev–Trinajstić information content (AvgIpc) is 2.76. The first kappa shape index (κ1) is 25.4. The van der Waals surface area contributed by atoms with Crippen LogP contribution in [0.4, 0.5) is 13.2 Å². The maximum Gasteiger partial charge on any atom is 0.416 e. The molecule has 0 N–H and O–H groups in total. The molecular formula is C28H33F3NP. The van der Waals surface area contributed by atoms with Crippen molar-refractivity contribution in [2.24, 2.45) is 10.9 Å². The van der Waals surface area contributed by atoms with Gasteiger partial charge in [-0.05, 0) is 85.2 Å². The third kappa shape index (κ3) is 5.84. The molecule has 0 aliphatic heterocycles. The maximum absolute atomic E-state index is 13.7. The summed E-state index contributed by atoms with van der Waals surface area (Å²) in [5.74, 6) is 0.00259. The minimum Gasteiger partial charge on any atom is -0.258 e. The van der Waals surface area contributed by atoms with Crippen LogP contribution < -0.4 is 5.30 Å². The first-order valence-corrected chi connectivity index (χ1v) is 13.4. The Kier molecular flexibility index (Phi) is 8.00. The third-order valence-corrected chi connectivity index (χ3v) is 8.53. The highest BCUT2D eigenvalue weighted by Crippen LogP contribution is 2.44. The normalized spacial score (nSPS) is 18.7. The van der Waals surface area contributed by atoms with Crippen molar-refractivity contribution in [3.8, 4) is 0 Å². The number of aliphatic imine (C=N–C) groups is 1. The van der Waals surface area contributed by atoms with Crippen LogP contribution in [0.2, 0.25) is 0 Å². The highest BCUT2D eigenvalue weighted by Gasteiger charge is 2.36. The van der Waals surface area contributed by atoms with Gasteiger partial charge in [-0.15, -0.1) is 0 Å². The minimum atomic E-state index is -4.39. The highest BCUT2D eigenvalue weighted by molar-refractivity contribution is 7.64. The van der Waals surface area contributed by atoms with Gasteiger partial charge in [-0.3, -0.25) is 4.99 Å². The van der Waals surface area contributed by atoms with Gasteiger partial charge in [0.25, 0.3) is 0 Å². The number of allylic oxidation sites excluding steroid dienone is 3. The van der Waals surface area contributed by atoms with Crippen LogP contribution in [0.25, 0.3) is 5.57 Å². The molecule has 0 heterocycles. The van der Waals surface area contributed by atoms with Gasteiger partial charge in [0, 0.05) is 12.1 Å². The summed E-state index contributed by atoms with van der Waals surface area (Å²) in [6, 6.07) is 14.7. The fourth-order valence-corrected chi connectivity index (χ4v) is 5.69. The van der Waals surface area contributed by atoms with E-state index in [1.165, 1.54) is 29.2 Å². The van der Waals surface area contributed by atoms with Crippen LogP contribution in [0.5, 0.6) is 0 Å². The molecule has 1 nitrogen and oxygen atoms in total. The summed E-state index contributed by atoms with van der Waals surface area (Å²) in [5.41, 5.74) is 5.41. The lowest BCUT2D eigenvalue weighted by Gasteiger charge is -2.28. The van der Waals surface area contributed by atoms with E-state index in [1.807, 2.05) is 27.7 Å². The molecule has 0 saturated heterocycles. The topological polar surface area (TPSA) is 12.4 Å². The number of rotatable bonds is 6. The van der Waals surface area contributed by atoms with Crippen LogP contribution in [0.1, 0.15) is 57.7 Å². The molecule has 1 aliphatic carbocycles. The number of hydrogen-bond acceptors (Lipinski definition) is 1. The summed E-state index contributed by atoms with van der Waals surface area (Å²) in [4.78, 5) is 4.93. The number of benzene rings is 2.